The monoisotopic (exact) mass is 278 g/mol. The van der Waals surface area contributed by atoms with Crippen LogP contribution in [0.2, 0.25) is 0 Å². The van der Waals surface area contributed by atoms with Crippen molar-refractivity contribution in [3.8, 4) is 0 Å². The van der Waals surface area contributed by atoms with Gasteiger partial charge in [-0.3, -0.25) is 4.79 Å². The molecule has 1 fully saturated rings. The predicted octanol–water partition coefficient (Wildman–Crippen LogP) is 2.73. The maximum atomic E-state index is 12.0. The van der Waals surface area contributed by atoms with Crippen LogP contribution in [0.5, 0.6) is 0 Å². The van der Waals surface area contributed by atoms with Gasteiger partial charge in [0.1, 0.15) is 0 Å². The second-order valence-electron chi connectivity index (χ2n) is 5.06. The first-order valence-electron chi connectivity index (χ1n) is 6.85. The predicted molar refractivity (Wildman–Crippen MR) is 80.4 cm³/mol. The molecular weight excluding hydrogens is 256 g/mol. The summed E-state index contributed by atoms with van der Waals surface area (Å²) in [6.45, 7) is 3.08. The van der Waals surface area contributed by atoms with Gasteiger partial charge in [0, 0.05) is 17.4 Å². The third kappa shape index (κ3) is 4.25. The van der Waals surface area contributed by atoms with Crippen LogP contribution >= 0.6 is 11.8 Å². The van der Waals surface area contributed by atoms with Crippen LogP contribution in [-0.2, 0) is 4.79 Å². The zero-order valence-corrected chi connectivity index (χ0v) is 12.4. The Bertz CT molecular complexity index is 413. The molecule has 0 bridgehead atoms. The minimum absolute atomic E-state index is 0.0739. The van der Waals surface area contributed by atoms with Gasteiger partial charge in [0.15, 0.2) is 0 Å². The number of hydrogen-bond acceptors (Lipinski definition) is 3. The molecule has 2 N–H and O–H groups in total. The molecule has 3 nitrogen and oxygen atoms in total. The van der Waals surface area contributed by atoms with Crippen molar-refractivity contribution < 1.29 is 4.79 Å². The lowest BCUT2D eigenvalue weighted by Gasteiger charge is -2.16. The van der Waals surface area contributed by atoms with E-state index >= 15 is 0 Å². The highest BCUT2D eigenvalue weighted by atomic mass is 32.2. The molecule has 2 rings (SSSR count). The summed E-state index contributed by atoms with van der Waals surface area (Å²) in [5.74, 6) is 0.140. The summed E-state index contributed by atoms with van der Waals surface area (Å²) >= 11 is 1.73. The van der Waals surface area contributed by atoms with Crippen molar-refractivity contribution in [3.05, 3.63) is 29.8 Å². The molecule has 1 saturated heterocycles. The molecule has 0 spiro atoms. The average Bonchev–Trinajstić information content (AvgIpc) is 2.91. The molecule has 104 valence electrons. The fourth-order valence-corrected chi connectivity index (χ4v) is 2.84. The Labute approximate surface area is 119 Å². The summed E-state index contributed by atoms with van der Waals surface area (Å²) in [6, 6.07) is 8.81. The number of carbonyl (C=O) groups excluding carboxylic acids is 1. The highest BCUT2D eigenvalue weighted by molar-refractivity contribution is 7.98. The lowest BCUT2D eigenvalue weighted by molar-refractivity contribution is -0.122. The summed E-state index contributed by atoms with van der Waals surface area (Å²) in [5.41, 5.74) is 1.16. The average molecular weight is 278 g/mol. The van der Waals surface area contributed by atoms with E-state index in [1.54, 1.807) is 11.8 Å². The van der Waals surface area contributed by atoms with Gasteiger partial charge >= 0.3 is 0 Å². The Morgan fingerprint density at radius 2 is 2.21 bits per heavy atom. The minimum atomic E-state index is 0.0739. The molecular formula is C15H22N2OS. The molecule has 0 saturated carbocycles. The van der Waals surface area contributed by atoms with E-state index in [4.69, 9.17) is 0 Å². The van der Waals surface area contributed by atoms with Crippen LogP contribution in [0.1, 0.15) is 37.8 Å². The molecule has 4 heteroatoms. The first-order chi connectivity index (χ1) is 9.19. The SMILES string of the molecule is CSc1ccc(C(C)NC(=O)CC2CCCN2)cc1. The van der Waals surface area contributed by atoms with E-state index in [-0.39, 0.29) is 11.9 Å². The summed E-state index contributed by atoms with van der Waals surface area (Å²) in [6.07, 6.45) is 4.95. The second kappa shape index (κ2) is 6.96. The molecule has 1 aliphatic rings. The van der Waals surface area contributed by atoms with E-state index in [2.05, 4.69) is 41.2 Å². The van der Waals surface area contributed by atoms with Crippen molar-refractivity contribution in [1.82, 2.24) is 10.6 Å². The number of carbonyl (C=O) groups is 1. The van der Waals surface area contributed by atoms with E-state index in [1.165, 1.54) is 11.3 Å². The van der Waals surface area contributed by atoms with Crippen LogP contribution in [0, 0.1) is 0 Å². The number of amides is 1. The van der Waals surface area contributed by atoms with E-state index < -0.39 is 0 Å². The zero-order chi connectivity index (χ0) is 13.7. The second-order valence-corrected chi connectivity index (χ2v) is 5.94. The molecule has 0 aromatic heterocycles. The van der Waals surface area contributed by atoms with Gasteiger partial charge in [-0.1, -0.05) is 12.1 Å². The molecule has 1 aliphatic heterocycles. The van der Waals surface area contributed by atoms with Crippen LogP contribution in [-0.4, -0.2) is 24.7 Å². The standard InChI is InChI=1S/C15H22N2OS/c1-11(12-5-7-14(19-2)8-6-12)17-15(18)10-13-4-3-9-16-13/h5-8,11,13,16H,3-4,9-10H2,1-2H3,(H,17,18). The zero-order valence-electron chi connectivity index (χ0n) is 11.6. The van der Waals surface area contributed by atoms with Crippen LogP contribution in [0.4, 0.5) is 0 Å². The normalized spacial score (nSPS) is 20.2. The lowest BCUT2D eigenvalue weighted by Crippen LogP contribution is -2.33. The van der Waals surface area contributed by atoms with Gasteiger partial charge in [-0.15, -0.1) is 11.8 Å². The Balaban J connectivity index is 1.84. The maximum Gasteiger partial charge on any atom is 0.222 e. The minimum Gasteiger partial charge on any atom is -0.350 e. The highest BCUT2D eigenvalue weighted by Gasteiger charge is 2.18. The van der Waals surface area contributed by atoms with E-state index in [1.807, 2.05) is 6.92 Å². The smallest absolute Gasteiger partial charge is 0.222 e. The van der Waals surface area contributed by atoms with Gasteiger partial charge in [0.25, 0.3) is 0 Å². The van der Waals surface area contributed by atoms with Crippen molar-refractivity contribution in [1.29, 1.82) is 0 Å². The molecule has 1 heterocycles. The summed E-state index contributed by atoms with van der Waals surface area (Å²) in [7, 11) is 0. The highest BCUT2D eigenvalue weighted by Crippen LogP contribution is 2.19. The molecule has 1 aromatic rings. The Morgan fingerprint density at radius 3 is 2.79 bits per heavy atom. The van der Waals surface area contributed by atoms with Gasteiger partial charge in [-0.2, -0.15) is 0 Å². The van der Waals surface area contributed by atoms with Crippen molar-refractivity contribution >= 4 is 17.7 Å². The van der Waals surface area contributed by atoms with Crippen molar-refractivity contribution in [3.63, 3.8) is 0 Å². The van der Waals surface area contributed by atoms with Crippen molar-refractivity contribution in [2.45, 2.75) is 43.2 Å². The van der Waals surface area contributed by atoms with E-state index in [0.717, 1.165) is 18.5 Å². The fourth-order valence-electron chi connectivity index (χ4n) is 2.43. The third-order valence-electron chi connectivity index (χ3n) is 3.59. The van der Waals surface area contributed by atoms with E-state index in [0.29, 0.717) is 12.5 Å². The fraction of sp³-hybridized carbons (Fsp3) is 0.533. The summed E-state index contributed by atoms with van der Waals surface area (Å²) in [4.78, 5) is 13.2. The van der Waals surface area contributed by atoms with Gasteiger partial charge in [0.05, 0.1) is 6.04 Å². The van der Waals surface area contributed by atoms with Gasteiger partial charge in [-0.05, 0) is 50.3 Å². The number of hydrogen-bond donors (Lipinski definition) is 2. The largest absolute Gasteiger partial charge is 0.350 e. The Morgan fingerprint density at radius 1 is 1.47 bits per heavy atom. The maximum absolute atomic E-state index is 12.0. The molecule has 1 aromatic carbocycles. The molecule has 1 amide bonds. The van der Waals surface area contributed by atoms with Crippen molar-refractivity contribution in [2.75, 3.05) is 12.8 Å². The first-order valence-corrected chi connectivity index (χ1v) is 8.08. The van der Waals surface area contributed by atoms with Crippen LogP contribution in [0.25, 0.3) is 0 Å². The summed E-state index contributed by atoms with van der Waals surface area (Å²) in [5, 5.41) is 6.43. The van der Waals surface area contributed by atoms with Gasteiger partial charge < -0.3 is 10.6 Å². The molecule has 19 heavy (non-hydrogen) atoms. The van der Waals surface area contributed by atoms with Crippen LogP contribution in [0.15, 0.2) is 29.2 Å². The number of rotatable bonds is 5. The molecule has 0 radical (unpaired) electrons. The quantitative estimate of drug-likeness (QED) is 0.814. The molecule has 2 unspecified atom stereocenters. The number of nitrogens with one attached hydrogen (secondary N) is 2. The first kappa shape index (κ1) is 14.4. The van der Waals surface area contributed by atoms with Crippen LogP contribution < -0.4 is 10.6 Å². The number of thioether (sulfide) groups is 1. The molecule has 0 aliphatic carbocycles. The topological polar surface area (TPSA) is 41.1 Å². The third-order valence-corrected chi connectivity index (χ3v) is 4.33. The molecule has 2 atom stereocenters. The van der Waals surface area contributed by atoms with Gasteiger partial charge in [0.2, 0.25) is 5.91 Å². The van der Waals surface area contributed by atoms with Crippen molar-refractivity contribution in [2.24, 2.45) is 0 Å². The summed E-state index contributed by atoms with van der Waals surface area (Å²) < 4.78 is 0. The van der Waals surface area contributed by atoms with E-state index in [9.17, 15) is 4.79 Å². The van der Waals surface area contributed by atoms with Crippen LogP contribution in [0.3, 0.4) is 0 Å². The van der Waals surface area contributed by atoms with Gasteiger partial charge in [-0.25, -0.2) is 0 Å². The Kier molecular flexibility index (Phi) is 5.28. The number of benzene rings is 1. The Hall–Kier alpha value is -1.00. The lowest BCUT2D eigenvalue weighted by atomic mass is 10.1.